The van der Waals surface area contributed by atoms with Crippen LogP contribution in [0.15, 0.2) is 40.8 Å². The molecule has 1 N–H and O–H groups in total. The number of furan rings is 1. The number of alkyl halides is 3. The highest BCUT2D eigenvalue weighted by Crippen LogP contribution is 2.48. The molecule has 1 aliphatic heterocycles. The molecular weight excluding hydrogens is 333 g/mol. The zero-order valence-corrected chi connectivity index (χ0v) is 13.5. The molecule has 1 aliphatic carbocycles. The number of para-hydroxylation sites is 1. The number of nitrogens with one attached hydrogen (secondary N) is 1. The number of fused-ring (bicyclic) bond motifs is 1. The van der Waals surface area contributed by atoms with Gasteiger partial charge in [-0.25, -0.2) is 0 Å². The molecule has 1 saturated carbocycles. The van der Waals surface area contributed by atoms with E-state index in [1.54, 1.807) is 30.3 Å². The molecule has 3 unspecified atom stereocenters. The first-order valence-electron chi connectivity index (χ1n) is 8.16. The number of nitrogens with zero attached hydrogens (tertiary/aromatic N) is 1. The Morgan fingerprint density at radius 2 is 1.88 bits per heavy atom. The van der Waals surface area contributed by atoms with Gasteiger partial charge in [0.1, 0.15) is 18.1 Å². The lowest BCUT2D eigenvalue weighted by molar-refractivity contribution is -0.144. The standard InChI is InChI=1S/C18H17F3N2O2/c1-10-8-12(10)14-6-7-15(25-14)16-22-13-5-3-2-4-11(13)17(24)23(16)9-18(19,20)21/h2-7,10,12,16,22H,8-9H2,1H3. The van der Waals surface area contributed by atoms with Crippen molar-refractivity contribution in [1.82, 2.24) is 4.90 Å². The summed E-state index contributed by atoms with van der Waals surface area (Å²) in [5, 5.41) is 3.01. The van der Waals surface area contributed by atoms with Crippen molar-refractivity contribution in [2.24, 2.45) is 5.92 Å². The molecule has 4 rings (SSSR count). The minimum atomic E-state index is -4.50. The van der Waals surface area contributed by atoms with Crippen molar-refractivity contribution in [3.63, 3.8) is 0 Å². The molecule has 0 saturated heterocycles. The van der Waals surface area contributed by atoms with Gasteiger partial charge in [0.05, 0.1) is 5.56 Å². The van der Waals surface area contributed by atoms with Crippen LogP contribution in [0.25, 0.3) is 0 Å². The van der Waals surface area contributed by atoms with E-state index in [2.05, 4.69) is 12.2 Å². The van der Waals surface area contributed by atoms with Gasteiger partial charge in [-0.15, -0.1) is 0 Å². The lowest BCUT2D eigenvalue weighted by Gasteiger charge is -2.37. The van der Waals surface area contributed by atoms with Crippen LogP contribution >= 0.6 is 0 Å². The quantitative estimate of drug-likeness (QED) is 0.884. The maximum Gasteiger partial charge on any atom is 0.406 e. The summed E-state index contributed by atoms with van der Waals surface area (Å²) in [4.78, 5) is 13.4. The van der Waals surface area contributed by atoms with Crippen molar-refractivity contribution in [3.8, 4) is 0 Å². The molecule has 7 heteroatoms. The van der Waals surface area contributed by atoms with Crippen LogP contribution in [0.5, 0.6) is 0 Å². The Balaban J connectivity index is 1.70. The summed E-state index contributed by atoms with van der Waals surface area (Å²) in [5.74, 6) is 1.27. The lowest BCUT2D eigenvalue weighted by Crippen LogP contribution is -2.47. The van der Waals surface area contributed by atoms with Crippen LogP contribution in [0.1, 0.15) is 47.3 Å². The number of anilines is 1. The van der Waals surface area contributed by atoms with E-state index in [9.17, 15) is 18.0 Å². The number of halogens is 3. The molecule has 1 amide bonds. The Morgan fingerprint density at radius 1 is 1.20 bits per heavy atom. The first-order chi connectivity index (χ1) is 11.8. The van der Waals surface area contributed by atoms with Gasteiger partial charge in [-0.2, -0.15) is 13.2 Å². The predicted octanol–water partition coefficient (Wildman–Crippen LogP) is 4.53. The second-order valence-corrected chi connectivity index (χ2v) is 6.70. The minimum absolute atomic E-state index is 0.227. The number of carbonyl (C=O) groups excluding carboxylic acids is 1. The van der Waals surface area contributed by atoms with Gasteiger partial charge in [-0.05, 0) is 36.6 Å². The number of amides is 1. The normalized spacial score (nSPS) is 25.5. The molecule has 25 heavy (non-hydrogen) atoms. The predicted molar refractivity (Wildman–Crippen MR) is 85.1 cm³/mol. The third kappa shape index (κ3) is 2.99. The van der Waals surface area contributed by atoms with Gasteiger partial charge in [0.2, 0.25) is 0 Å². The number of benzene rings is 1. The zero-order chi connectivity index (χ0) is 17.8. The largest absolute Gasteiger partial charge is 0.462 e. The van der Waals surface area contributed by atoms with Gasteiger partial charge in [0.15, 0.2) is 6.17 Å². The van der Waals surface area contributed by atoms with Gasteiger partial charge >= 0.3 is 6.18 Å². The number of hydrogen-bond acceptors (Lipinski definition) is 3. The van der Waals surface area contributed by atoms with Gasteiger partial charge in [0, 0.05) is 11.6 Å². The van der Waals surface area contributed by atoms with E-state index >= 15 is 0 Å². The number of rotatable bonds is 3. The molecular formula is C18H17F3N2O2. The van der Waals surface area contributed by atoms with Crippen LogP contribution in [0.2, 0.25) is 0 Å². The van der Waals surface area contributed by atoms with E-state index in [1.807, 2.05) is 0 Å². The Hall–Kier alpha value is -2.44. The third-order valence-corrected chi connectivity index (χ3v) is 4.76. The van der Waals surface area contributed by atoms with Crippen molar-refractivity contribution in [3.05, 3.63) is 53.5 Å². The molecule has 2 aromatic rings. The molecule has 1 fully saturated rings. The van der Waals surface area contributed by atoms with Gasteiger partial charge in [-0.3, -0.25) is 4.79 Å². The van der Waals surface area contributed by atoms with E-state index in [-0.39, 0.29) is 5.56 Å². The van der Waals surface area contributed by atoms with Gasteiger partial charge in [0.25, 0.3) is 5.91 Å². The van der Waals surface area contributed by atoms with Crippen molar-refractivity contribution in [2.75, 3.05) is 11.9 Å². The van der Waals surface area contributed by atoms with Crippen LogP contribution in [0, 0.1) is 5.92 Å². The van der Waals surface area contributed by atoms with Crippen molar-refractivity contribution >= 4 is 11.6 Å². The van der Waals surface area contributed by atoms with E-state index in [4.69, 9.17) is 4.42 Å². The van der Waals surface area contributed by atoms with Crippen LogP contribution in [-0.4, -0.2) is 23.5 Å². The Morgan fingerprint density at radius 3 is 2.56 bits per heavy atom. The summed E-state index contributed by atoms with van der Waals surface area (Å²) < 4.78 is 44.9. The molecule has 1 aromatic heterocycles. The van der Waals surface area contributed by atoms with Crippen LogP contribution in [0.3, 0.4) is 0 Å². The second-order valence-electron chi connectivity index (χ2n) is 6.70. The molecule has 0 spiro atoms. The highest BCUT2D eigenvalue weighted by molar-refractivity contribution is 6.01. The fraction of sp³-hybridized carbons (Fsp3) is 0.389. The first kappa shape index (κ1) is 16.1. The second kappa shape index (κ2) is 5.54. The lowest BCUT2D eigenvalue weighted by atomic mass is 10.1. The average Bonchev–Trinajstić information content (AvgIpc) is 3.08. The van der Waals surface area contributed by atoms with E-state index in [0.717, 1.165) is 17.1 Å². The summed E-state index contributed by atoms with van der Waals surface area (Å²) in [6.07, 6.45) is -4.46. The Labute approximate surface area is 142 Å². The van der Waals surface area contributed by atoms with E-state index in [1.165, 1.54) is 6.07 Å². The van der Waals surface area contributed by atoms with Crippen LogP contribution in [-0.2, 0) is 0 Å². The molecule has 0 bridgehead atoms. The molecule has 3 atom stereocenters. The van der Waals surface area contributed by atoms with Gasteiger partial charge in [-0.1, -0.05) is 19.1 Å². The molecule has 0 radical (unpaired) electrons. The average molecular weight is 350 g/mol. The zero-order valence-electron chi connectivity index (χ0n) is 13.5. The monoisotopic (exact) mass is 350 g/mol. The molecule has 2 heterocycles. The highest BCUT2D eigenvalue weighted by Gasteiger charge is 2.43. The molecule has 4 nitrogen and oxygen atoms in total. The summed E-state index contributed by atoms with van der Waals surface area (Å²) in [6, 6.07) is 10.0. The van der Waals surface area contributed by atoms with Crippen LogP contribution < -0.4 is 5.32 Å². The van der Waals surface area contributed by atoms with Gasteiger partial charge < -0.3 is 14.6 Å². The summed E-state index contributed by atoms with van der Waals surface area (Å²) in [7, 11) is 0. The Kier molecular flexibility index (Phi) is 3.56. The first-order valence-corrected chi connectivity index (χ1v) is 8.16. The Bertz CT molecular complexity index is 815. The maximum absolute atomic E-state index is 13.0. The molecule has 1 aromatic carbocycles. The van der Waals surface area contributed by atoms with Crippen molar-refractivity contribution < 1.29 is 22.4 Å². The fourth-order valence-electron chi connectivity index (χ4n) is 3.31. The van der Waals surface area contributed by atoms with Crippen LogP contribution in [0.4, 0.5) is 18.9 Å². The summed E-state index contributed by atoms with van der Waals surface area (Å²) in [5.41, 5.74) is 0.735. The highest BCUT2D eigenvalue weighted by atomic mass is 19.4. The SMILES string of the molecule is CC1CC1c1ccc(C2Nc3ccccc3C(=O)N2CC(F)(F)F)o1. The van der Waals surface area contributed by atoms with E-state index in [0.29, 0.717) is 23.3 Å². The summed E-state index contributed by atoms with van der Waals surface area (Å²) >= 11 is 0. The summed E-state index contributed by atoms with van der Waals surface area (Å²) in [6.45, 7) is 0.759. The molecule has 132 valence electrons. The number of carbonyl (C=O) groups is 1. The topological polar surface area (TPSA) is 45.5 Å². The van der Waals surface area contributed by atoms with Crippen molar-refractivity contribution in [1.29, 1.82) is 0 Å². The third-order valence-electron chi connectivity index (χ3n) is 4.76. The number of hydrogen-bond donors (Lipinski definition) is 1. The van der Waals surface area contributed by atoms with E-state index < -0.39 is 24.8 Å². The maximum atomic E-state index is 13.0. The fourth-order valence-corrected chi connectivity index (χ4v) is 3.31. The minimum Gasteiger partial charge on any atom is -0.462 e. The molecule has 2 aliphatic rings. The van der Waals surface area contributed by atoms with Crippen molar-refractivity contribution in [2.45, 2.75) is 31.6 Å². The smallest absolute Gasteiger partial charge is 0.406 e.